The minimum absolute atomic E-state index is 0. The fourth-order valence-electron chi connectivity index (χ4n) is 2.67. The Hall–Kier alpha value is -1.94. The molecule has 0 spiro atoms. The van der Waals surface area contributed by atoms with Gasteiger partial charge in [-0.3, -0.25) is 4.57 Å². The number of guanidine groups is 1. The number of aromatic nitrogens is 3. The standard InChI is InChI=1S/C18H22N7O.2Li/c1-12-9-14-11-25(18(26)24-16(14)23-12)15-5-3-13(4-6-15)10-21-7-2-8-22-17(19)20;;/h3-6,9,11H,2,7-8,10H2,1H3,(H5,19,20,22,23,24,26);;/q-1;2*+1/p-1. The van der Waals surface area contributed by atoms with Crippen molar-refractivity contribution in [3.05, 3.63) is 68.9 Å². The fraction of sp³-hybridized carbons (Fsp3) is 0.278. The third-order valence-corrected chi connectivity index (χ3v) is 3.91. The number of aryl methyl sites for hydroxylation is 1. The molecule has 0 unspecified atom stereocenters. The van der Waals surface area contributed by atoms with Crippen LogP contribution in [0.5, 0.6) is 0 Å². The zero-order valence-electron chi connectivity index (χ0n) is 16.6. The first-order valence-corrected chi connectivity index (χ1v) is 8.36. The second kappa shape index (κ2) is 11.2. The Kier molecular flexibility index (Phi) is 9.61. The normalized spacial score (nSPS) is 10.2. The van der Waals surface area contributed by atoms with E-state index in [2.05, 4.69) is 20.6 Å². The van der Waals surface area contributed by atoms with Crippen LogP contribution in [0.4, 0.5) is 0 Å². The van der Waals surface area contributed by atoms with E-state index in [0.717, 1.165) is 28.8 Å². The Morgan fingerprint density at radius 2 is 1.96 bits per heavy atom. The van der Waals surface area contributed by atoms with Gasteiger partial charge < -0.3 is 26.8 Å². The molecule has 0 radical (unpaired) electrons. The molecule has 0 aliphatic carbocycles. The largest absolute Gasteiger partial charge is 1.00 e. The van der Waals surface area contributed by atoms with Crippen LogP contribution in [0.15, 0.2) is 41.3 Å². The zero-order chi connectivity index (χ0) is 18.5. The molecule has 0 saturated carbocycles. The van der Waals surface area contributed by atoms with Gasteiger partial charge in [-0.2, -0.15) is 4.98 Å². The van der Waals surface area contributed by atoms with Gasteiger partial charge in [0.05, 0.1) is 5.69 Å². The topological polar surface area (TPSA) is 129 Å². The first-order chi connectivity index (χ1) is 12.5. The van der Waals surface area contributed by atoms with Gasteiger partial charge in [0.25, 0.3) is 0 Å². The summed E-state index contributed by atoms with van der Waals surface area (Å²) in [6.45, 7) is 3.73. The molecule has 4 N–H and O–H groups in total. The summed E-state index contributed by atoms with van der Waals surface area (Å²) in [5.41, 5.74) is 8.26. The number of nitrogens with two attached hydrogens (primary N) is 1. The van der Waals surface area contributed by atoms with E-state index in [9.17, 15) is 4.79 Å². The van der Waals surface area contributed by atoms with Crippen molar-refractivity contribution in [2.45, 2.75) is 19.9 Å². The summed E-state index contributed by atoms with van der Waals surface area (Å²) in [5, 5.41) is 16.2. The summed E-state index contributed by atoms with van der Waals surface area (Å²) in [5.74, 6) is -0.140. The number of benzene rings is 1. The average molecular weight is 365 g/mol. The van der Waals surface area contributed by atoms with Gasteiger partial charge in [-0.15, -0.1) is 13.1 Å². The Bertz CT molecular complexity index is 966. The van der Waals surface area contributed by atoms with E-state index in [0.29, 0.717) is 25.3 Å². The molecule has 0 aliphatic rings. The summed E-state index contributed by atoms with van der Waals surface area (Å²) < 4.78 is 1.54. The Morgan fingerprint density at radius 3 is 2.64 bits per heavy atom. The molecule has 0 bridgehead atoms. The van der Waals surface area contributed by atoms with Crippen LogP contribution in [0.1, 0.15) is 17.7 Å². The molecule has 8 nitrogen and oxygen atoms in total. The molecule has 0 atom stereocenters. The van der Waals surface area contributed by atoms with Crippen LogP contribution in [0.2, 0.25) is 0 Å². The summed E-state index contributed by atoms with van der Waals surface area (Å²) >= 11 is 0. The number of hydrogen-bond donors (Lipinski definition) is 3. The van der Waals surface area contributed by atoms with Crippen LogP contribution in [-0.4, -0.2) is 33.6 Å². The molecule has 1 aromatic carbocycles. The molecule has 136 valence electrons. The van der Waals surface area contributed by atoms with Gasteiger partial charge in [-0.05, 0) is 37.6 Å². The van der Waals surface area contributed by atoms with Gasteiger partial charge in [0.2, 0.25) is 0 Å². The van der Waals surface area contributed by atoms with Gasteiger partial charge in [-0.25, -0.2) is 4.79 Å². The summed E-state index contributed by atoms with van der Waals surface area (Å²) in [6.07, 6.45) is 2.57. The zero-order valence-corrected chi connectivity index (χ0v) is 16.6. The Labute approximate surface area is 187 Å². The van der Waals surface area contributed by atoms with Crippen LogP contribution in [-0.2, 0) is 6.54 Å². The van der Waals surface area contributed by atoms with E-state index in [4.69, 9.17) is 11.1 Å². The number of nitrogens with one attached hydrogen (secondary N) is 2. The summed E-state index contributed by atoms with van der Waals surface area (Å²) in [4.78, 5) is 19.4. The second-order valence-electron chi connectivity index (χ2n) is 6.04. The number of rotatable bonds is 7. The molecule has 3 aromatic rings. The van der Waals surface area contributed by atoms with Gasteiger partial charge >= 0.3 is 43.4 Å². The number of nitrogens with zero attached hydrogens (tertiary/aromatic N) is 4. The van der Waals surface area contributed by atoms with Crippen LogP contribution in [0, 0.1) is 12.3 Å². The smallest absolute Gasteiger partial charge is 0.658 e. The maximum Gasteiger partial charge on any atom is 1.00 e. The maximum atomic E-state index is 12.2. The minimum atomic E-state index is -0.314. The van der Waals surface area contributed by atoms with Crippen molar-refractivity contribution in [3.63, 3.8) is 0 Å². The van der Waals surface area contributed by atoms with Gasteiger partial charge in [-0.1, -0.05) is 24.1 Å². The quantitative estimate of drug-likeness (QED) is 0.174. The molecule has 0 fully saturated rings. The maximum absolute atomic E-state index is 12.2. The molecular formula is C18H21Li2N7O. The molecule has 3 rings (SSSR count). The fourth-order valence-corrected chi connectivity index (χ4v) is 2.67. The second-order valence-corrected chi connectivity index (χ2v) is 6.04. The summed E-state index contributed by atoms with van der Waals surface area (Å²) in [7, 11) is 0. The van der Waals surface area contributed by atoms with E-state index in [1.807, 2.05) is 37.3 Å². The van der Waals surface area contributed by atoms with Crippen molar-refractivity contribution in [1.29, 1.82) is 5.41 Å². The number of hydrogen-bond acceptors (Lipinski definition) is 3. The van der Waals surface area contributed by atoms with E-state index >= 15 is 0 Å². The van der Waals surface area contributed by atoms with Crippen molar-refractivity contribution in [3.8, 4) is 5.69 Å². The molecule has 0 saturated heterocycles. The summed E-state index contributed by atoms with van der Waals surface area (Å²) in [6, 6.07) is 9.66. The number of fused-ring (bicyclic) bond motifs is 1. The van der Waals surface area contributed by atoms with Gasteiger partial charge in [0.1, 0.15) is 5.65 Å². The minimum Gasteiger partial charge on any atom is -0.658 e. The predicted octanol–water partition coefficient (Wildman–Crippen LogP) is -3.44. The number of aromatic amines is 1. The molecule has 0 amide bonds. The van der Waals surface area contributed by atoms with Crippen LogP contribution in [0.3, 0.4) is 0 Å². The molecule has 0 aliphatic heterocycles. The third kappa shape index (κ3) is 6.30. The van der Waals surface area contributed by atoms with Crippen molar-refractivity contribution in [2.24, 2.45) is 5.73 Å². The first-order valence-electron chi connectivity index (χ1n) is 8.36. The van der Waals surface area contributed by atoms with E-state index in [-0.39, 0.29) is 49.4 Å². The van der Waals surface area contributed by atoms with E-state index in [1.54, 1.807) is 10.8 Å². The monoisotopic (exact) mass is 365 g/mol. The van der Waals surface area contributed by atoms with E-state index < -0.39 is 0 Å². The van der Waals surface area contributed by atoms with E-state index in [1.165, 1.54) is 0 Å². The molecule has 10 heteroatoms. The van der Waals surface area contributed by atoms with Gasteiger partial charge in [0, 0.05) is 17.3 Å². The first kappa shape index (κ1) is 24.1. The average Bonchev–Trinajstić information content (AvgIpc) is 2.96. The van der Waals surface area contributed by atoms with Crippen molar-refractivity contribution in [2.75, 3.05) is 13.1 Å². The predicted molar refractivity (Wildman–Crippen MR) is 103 cm³/mol. The van der Waals surface area contributed by atoms with Crippen molar-refractivity contribution >= 4 is 17.0 Å². The van der Waals surface area contributed by atoms with Crippen LogP contribution < -0.4 is 49.1 Å². The Balaban J connectivity index is 0.00000196. The molecule has 2 aromatic heterocycles. The van der Waals surface area contributed by atoms with Gasteiger partial charge in [0.15, 0.2) is 0 Å². The van der Waals surface area contributed by atoms with Crippen LogP contribution in [0.25, 0.3) is 27.4 Å². The molecule has 2 heterocycles. The van der Waals surface area contributed by atoms with Crippen LogP contribution >= 0.6 is 0 Å². The molecule has 28 heavy (non-hydrogen) atoms. The SMILES string of the molecule is Cc1cc2cn(-c3ccc(C[N-]CCC[N-]C(=N)N)cc3)c(=O)nc2[nH]1.[Li+].[Li+]. The number of H-pyrrole nitrogens is 1. The Morgan fingerprint density at radius 1 is 1.25 bits per heavy atom. The van der Waals surface area contributed by atoms with Crippen molar-refractivity contribution in [1.82, 2.24) is 14.5 Å². The van der Waals surface area contributed by atoms with Crippen molar-refractivity contribution < 1.29 is 37.7 Å². The third-order valence-electron chi connectivity index (χ3n) is 3.91. The molecular weight excluding hydrogens is 344 g/mol.